The molecule has 0 fully saturated rings. The fourth-order valence-corrected chi connectivity index (χ4v) is 8.04. The van der Waals surface area contributed by atoms with Crippen LogP contribution in [0.5, 0.6) is 0 Å². The van der Waals surface area contributed by atoms with E-state index in [1.807, 2.05) is 0 Å². The molecule has 0 N–H and O–H groups in total. The zero-order valence-electron chi connectivity index (χ0n) is 40.2. The van der Waals surface area contributed by atoms with Gasteiger partial charge in [0.15, 0.2) is 6.10 Å². The van der Waals surface area contributed by atoms with Gasteiger partial charge in [0.2, 0.25) is 0 Å². The lowest BCUT2D eigenvalue weighted by Gasteiger charge is -2.18. The molecule has 0 radical (unpaired) electrons. The second kappa shape index (κ2) is 47.5. The summed E-state index contributed by atoms with van der Waals surface area (Å²) in [7, 11) is 0. The van der Waals surface area contributed by atoms with Crippen molar-refractivity contribution in [1.29, 1.82) is 0 Å². The van der Waals surface area contributed by atoms with Crippen molar-refractivity contribution in [2.24, 2.45) is 5.92 Å². The summed E-state index contributed by atoms with van der Waals surface area (Å²) >= 11 is 0. The Morgan fingerprint density at radius 3 is 0.831 bits per heavy atom. The lowest BCUT2D eigenvalue weighted by atomic mass is 10.0. The predicted octanol–water partition coefficient (Wildman–Crippen LogP) is 17.1. The van der Waals surface area contributed by atoms with Crippen LogP contribution in [0, 0.1) is 5.92 Å². The molecule has 0 bridgehead atoms. The summed E-state index contributed by atoms with van der Waals surface area (Å²) in [6.07, 6.45) is 49.4. The Hall–Kier alpha value is -1.59. The molecule has 6 nitrogen and oxygen atoms in total. The first-order valence-electron chi connectivity index (χ1n) is 26.4. The standard InChI is InChI=1S/C53H102O6/c1-5-7-9-11-13-15-17-19-20-21-23-24-28-32-36-40-44-51(54)57-47-50(48-58-52(55)45-41-37-33-30-26-27-31-35-39-43-49(3)4)59-53(56)46-42-38-34-29-25-22-18-16-14-12-10-8-6-2/h49-50H,5-48H2,1-4H3/t50-/m1/s1. The molecule has 0 aromatic heterocycles. The Labute approximate surface area is 368 Å². The van der Waals surface area contributed by atoms with Crippen LogP contribution in [0.15, 0.2) is 0 Å². The second-order valence-electron chi connectivity index (χ2n) is 18.6. The fourth-order valence-electron chi connectivity index (χ4n) is 8.04. The van der Waals surface area contributed by atoms with Crippen LogP contribution < -0.4 is 0 Å². The Morgan fingerprint density at radius 2 is 0.559 bits per heavy atom. The van der Waals surface area contributed by atoms with Crippen LogP contribution in [-0.2, 0) is 28.6 Å². The summed E-state index contributed by atoms with van der Waals surface area (Å²) in [6, 6.07) is 0. The van der Waals surface area contributed by atoms with E-state index in [9.17, 15) is 14.4 Å². The van der Waals surface area contributed by atoms with Crippen molar-refractivity contribution in [2.45, 2.75) is 303 Å². The third kappa shape index (κ3) is 47.3. The lowest BCUT2D eigenvalue weighted by molar-refractivity contribution is -0.167. The first-order valence-corrected chi connectivity index (χ1v) is 26.4. The molecule has 0 aliphatic heterocycles. The van der Waals surface area contributed by atoms with E-state index in [1.165, 1.54) is 193 Å². The lowest BCUT2D eigenvalue weighted by Crippen LogP contribution is -2.30. The summed E-state index contributed by atoms with van der Waals surface area (Å²) in [5.41, 5.74) is 0. The summed E-state index contributed by atoms with van der Waals surface area (Å²) in [5.74, 6) is -0.0351. The van der Waals surface area contributed by atoms with Crippen molar-refractivity contribution in [3.8, 4) is 0 Å². The summed E-state index contributed by atoms with van der Waals surface area (Å²) in [5, 5.41) is 0. The van der Waals surface area contributed by atoms with Gasteiger partial charge in [-0.1, -0.05) is 259 Å². The van der Waals surface area contributed by atoms with Gasteiger partial charge in [0.25, 0.3) is 0 Å². The molecule has 0 aromatic rings. The number of hydrogen-bond donors (Lipinski definition) is 0. The van der Waals surface area contributed by atoms with Crippen molar-refractivity contribution in [1.82, 2.24) is 0 Å². The molecule has 0 saturated heterocycles. The van der Waals surface area contributed by atoms with Crippen LogP contribution in [0.3, 0.4) is 0 Å². The number of carbonyl (C=O) groups is 3. The molecular weight excluding hydrogens is 733 g/mol. The van der Waals surface area contributed by atoms with Crippen LogP contribution in [0.1, 0.15) is 297 Å². The number of ether oxygens (including phenoxy) is 3. The van der Waals surface area contributed by atoms with Crippen molar-refractivity contribution < 1.29 is 28.6 Å². The van der Waals surface area contributed by atoms with E-state index in [1.54, 1.807) is 0 Å². The van der Waals surface area contributed by atoms with Gasteiger partial charge < -0.3 is 14.2 Å². The van der Waals surface area contributed by atoms with E-state index < -0.39 is 6.10 Å². The molecule has 0 aliphatic carbocycles. The van der Waals surface area contributed by atoms with Crippen LogP contribution in [-0.4, -0.2) is 37.2 Å². The molecule has 0 aliphatic rings. The molecule has 6 heteroatoms. The summed E-state index contributed by atoms with van der Waals surface area (Å²) in [6.45, 7) is 9.01. The molecular formula is C53H102O6. The van der Waals surface area contributed by atoms with Crippen LogP contribution in [0.25, 0.3) is 0 Å². The van der Waals surface area contributed by atoms with Crippen LogP contribution in [0.2, 0.25) is 0 Å². The van der Waals surface area contributed by atoms with Crippen molar-refractivity contribution in [2.75, 3.05) is 13.2 Å². The molecule has 0 amide bonds. The van der Waals surface area contributed by atoms with Gasteiger partial charge >= 0.3 is 17.9 Å². The monoisotopic (exact) mass is 835 g/mol. The Balaban J connectivity index is 4.29. The van der Waals surface area contributed by atoms with Crippen molar-refractivity contribution in [3.05, 3.63) is 0 Å². The first-order chi connectivity index (χ1) is 28.9. The maximum Gasteiger partial charge on any atom is 0.306 e. The Kier molecular flexibility index (Phi) is 46.2. The highest BCUT2D eigenvalue weighted by Gasteiger charge is 2.19. The van der Waals surface area contributed by atoms with E-state index >= 15 is 0 Å². The molecule has 350 valence electrons. The zero-order valence-corrected chi connectivity index (χ0v) is 40.2. The highest BCUT2D eigenvalue weighted by Crippen LogP contribution is 2.17. The minimum absolute atomic E-state index is 0.0627. The van der Waals surface area contributed by atoms with E-state index in [-0.39, 0.29) is 31.1 Å². The predicted molar refractivity (Wildman–Crippen MR) is 252 cm³/mol. The van der Waals surface area contributed by atoms with Crippen LogP contribution in [0.4, 0.5) is 0 Å². The largest absolute Gasteiger partial charge is 0.462 e. The molecule has 0 heterocycles. The molecule has 0 aromatic carbocycles. The summed E-state index contributed by atoms with van der Waals surface area (Å²) in [4.78, 5) is 37.9. The van der Waals surface area contributed by atoms with E-state index in [0.717, 1.165) is 63.7 Å². The van der Waals surface area contributed by atoms with Gasteiger partial charge in [0.1, 0.15) is 13.2 Å². The Morgan fingerprint density at radius 1 is 0.322 bits per heavy atom. The molecule has 0 rings (SSSR count). The highest BCUT2D eigenvalue weighted by atomic mass is 16.6. The normalized spacial score (nSPS) is 11.9. The number of rotatable bonds is 48. The Bertz CT molecular complexity index is 887. The molecule has 0 spiro atoms. The molecule has 0 saturated carbocycles. The average molecular weight is 835 g/mol. The third-order valence-corrected chi connectivity index (χ3v) is 12.0. The summed E-state index contributed by atoms with van der Waals surface area (Å²) < 4.78 is 16.8. The fraction of sp³-hybridized carbons (Fsp3) is 0.943. The van der Waals surface area contributed by atoms with E-state index in [0.29, 0.717) is 19.3 Å². The topological polar surface area (TPSA) is 78.9 Å². The van der Waals surface area contributed by atoms with E-state index in [2.05, 4.69) is 27.7 Å². The maximum absolute atomic E-state index is 12.8. The number of esters is 3. The quantitative estimate of drug-likeness (QED) is 0.0345. The number of hydrogen-bond acceptors (Lipinski definition) is 6. The van der Waals surface area contributed by atoms with E-state index in [4.69, 9.17) is 14.2 Å². The van der Waals surface area contributed by atoms with Gasteiger partial charge in [0.05, 0.1) is 0 Å². The van der Waals surface area contributed by atoms with Gasteiger partial charge in [-0.15, -0.1) is 0 Å². The third-order valence-electron chi connectivity index (χ3n) is 12.0. The van der Waals surface area contributed by atoms with Gasteiger partial charge in [-0.25, -0.2) is 0 Å². The zero-order chi connectivity index (χ0) is 43.1. The van der Waals surface area contributed by atoms with Gasteiger partial charge in [-0.3, -0.25) is 14.4 Å². The van der Waals surface area contributed by atoms with Gasteiger partial charge in [-0.05, 0) is 25.2 Å². The number of carbonyl (C=O) groups excluding carboxylic acids is 3. The average Bonchev–Trinajstić information content (AvgIpc) is 3.22. The van der Waals surface area contributed by atoms with Gasteiger partial charge in [-0.2, -0.15) is 0 Å². The minimum Gasteiger partial charge on any atom is -0.462 e. The SMILES string of the molecule is CCCCCCCCCCCCCCCCCCC(=O)OC[C@H](COC(=O)CCCCCCCCCCCC(C)C)OC(=O)CCCCCCCCCCCCCCC. The van der Waals surface area contributed by atoms with Gasteiger partial charge in [0, 0.05) is 19.3 Å². The molecule has 0 unspecified atom stereocenters. The molecule has 59 heavy (non-hydrogen) atoms. The van der Waals surface area contributed by atoms with Crippen molar-refractivity contribution in [3.63, 3.8) is 0 Å². The maximum atomic E-state index is 12.8. The first kappa shape index (κ1) is 57.4. The second-order valence-corrected chi connectivity index (χ2v) is 18.6. The van der Waals surface area contributed by atoms with Crippen LogP contribution >= 0.6 is 0 Å². The highest BCUT2D eigenvalue weighted by molar-refractivity contribution is 5.71. The minimum atomic E-state index is -0.760. The molecule has 1 atom stereocenters. The number of unbranched alkanes of at least 4 members (excludes halogenated alkanes) is 35. The van der Waals surface area contributed by atoms with Crippen molar-refractivity contribution >= 4 is 17.9 Å². The smallest absolute Gasteiger partial charge is 0.306 e.